The number of piperidine rings is 1. The number of amides is 1. The molecule has 0 unspecified atom stereocenters. The predicted molar refractivity (Wildman–Crippen MR) is 154 cm³/mol. The molecule has 1 fully saturated rings. The van der Waals surface area contributed by atoms with Crippen LogP contribution in [0, 0.1) is 5.92 Å². The van der Waals surface area contributed by atoms with E-state index < -0.39 is 18.1 Å². The number of hydrogen-bond acceptors (Lipinski definition) is 6. The largest absolute Gasteiger partial charge is 0.480 e. The van der Waals surface area contributed by atoms with Gasteiger partial charge in [-0.2, -0.15) is 0 Å². The van der Waals surface area contributed by atoms with Crippen molar-refractivity contribution in [1.82, 2.24) is 9.55 Å². The van der Waals surface area contributed by atoms with Crippen LogP contribution in [-0.2, 0) is 16.1 Å². The number of aromatic nitrogens is 2. The van der Waals surface area contributed by atoms with Gasteiger partial charge in [0, 0.05) is 48.9 Å². The molecular weight excluding hydrogens is 494 g/mol. The first-order valence-corrected chi connectivity index (χ1v) is 14.0. The molecule has 3 heterocycles. The van der Waals surface area contributed by atoms with Crippen molar-refractivity contribution in [2.24, 2.45) is 11.7 Å². The summed E-state index contributed by atoms with van der Waals surface area (Å²) in [5, 5.41) is 11.4. The molecule has 0 bridgehead atoms. The highest BCUT2D eigenvalue weighted by Gasteiger charge is 2.31. The fourth-order valence-corrected chi connectivity index (χ4v) is 5.41. The molecule has 0 radical (unpaired) electrons. The Morgan fingerprint density at radius 2 is 1.79 bits per heavy atom. The Morgan fingerprint density at radius 1 is 1.03 bits per heavy atom. The average Bonchev–Trinajstić information content (AvgIpc) is 2.95. The normalized spacial score (nSPS) is 15.4. The fourth-order valence-electron chi connectivity index (χ4n) is 5.41. The van der Waals surface area contributed by atoms with E-state index in [2.05, 4.69) is 16.0 Å². The lowest BCUT2D eigenvalue weighted by Crippen LogP contribution is -2.45. The van der Waals surface area contributed by atoms with Gasteiger partial charge in [0.1, 0.15) is 6.54 Å². The van der Waals surface area contributed by atoms with Crippen molar-refractivity contribution < 1.29 is 14.7 Å². The Balaban J connectivity index is 1.53. The van der Waals surface area contributed by atoms with Gasteiger partial charge in [0.25, 0.3) is 5.56 Å². The molecule has 1 amide bonds. The summed E-state index contributed by atoms with van der Waals surface area (Å²) in [6.45, 7) is 2.22. The second-order valence-corrected chi connectivity index (χ2v) is 10.3. The van der Waals surface area contributed by atoms with Crippen molar-refractivity contribution >= 4 is 34.0 Å². The number of pyridine rings is 2. The molecule has 0 saturated carbocycles. The number of carbonyl (C=O) groups excluding carboxylic acids is 1. The van der Waals surface area contributed by atoms with Crippen LogP contribution < -0.4 is 21.1 Å². The van der Waals surface area contributed by atoms with E-state index in [0.717, 1.165) is 78.9 Å². The van der Waals surface area contributed by atoms with Gasteiger partial charge in [0.05, 0.1) is 23.5 Å². The molecule has 9 heteroatoms. The molecular formula is C30H39N5O4. The third-order valence-corrected chi connectivity index (χ3v) is 7.45. The Kier molecular flexibility index (Phi) is 10.1. The SMILES string of the molecule is NCCCCCCCCN(C(=O)[C@H]1CCCN(c2cncc3ccccc23)C1)c1ccc(=O)n(CC(=O)O)c1. The minimum atomic E-state index is -1.10. The van der Waals surface area contributed by atoms with Crippen molar-refractivity contribution in [1.29, 1.82) is 0 Å². The van der Waals surface area contributed by atoms with E-state index in [9.17, 15) is 19.5 Å². The van der Waals surface area contributed by atoms with Gasteiger partial charge in [-0.25, -0.2) is 0 Å². The zero-order valence-electron chi connectivity index (χ0n) is 22.5. The van der Waals surface area contributed by atoms with E-state index in [1.807, 2.05) is 30.6 Å². The first-order chi connectivity index (χ1) is 19.0. The third-order valence-electron chi connectivity index (χ3n) is 7.45. The predicted octanol–water partition coefficient (Wildman–Crippen LogP) is 4.03. The molecule has 9 nitrogen and oxygen atoms in total. The van der Waals surface area contributed by atoms with Crippen molar-refractivity contribution in [2.45, 2.75) is 57.9 Å². The summed E-state index contributed by atoms with van der Waals surface area (Å²) in [6.07, 6.45) is 13.0. The van der Waals surface area contributed by atoms with Crippen molar-refractivity contribution in [2.75, 3.05) is 36.0 Å². The Morgan fingerprint density at radius 3 is 2.59 bits per heavy atom. The molecule has 3 aromatic rings. The van der Waals surface area contributed by atoms with Gasteiger partial charge in [-0.15, -0.1) is 0 Å². The monoisotopic (exact) mass is 533 g/mol. The van der Waals surface area contributed by atoms with Crippen molar-refractivity contribution in [3.05, 3.63) is 65.3 Å². The number of unbranched alkanes of at least 4 members (excludes halogenated alkanes) is 5. The third kappa shape index (κ3) is 7.44. The van der Waals surface area contributed by atoms with Gasteiger partial charge in [-0.05, 0) is 38.3 Å². The number of anilines is 2. The first kappa shape index (κ1) is 28.3. The molecule has 4 rings (SSSR count). The van der Waals surface area contributed by atoms with E-state index in [-0.39, 0.29) is 11.8 Å². The number of fused-ring (bicyclic) bond motifs is 1. The number of carboxylic acid groups (broad SMARTS) is 1. The van der Waals surface area contributed by atoms with E-state index in [0.29, 0.717) is 25.3 Å². The zero-order valence-corrected chi connectivity index (χ0v) is 22.5. The molecule has 1 aliphatic rings. The maximum Gasteiger partial charge on any atom is 0.323 e. The summed E-state index contributed by atoms with van der Waals surface area (Å²) < 4.78 is 1.15. The van der Waals surface area contributed by atoms with Gasteiger partial charge in [0.2, 0.25) is 5.91 Å². The lowest BCUT2D eigenvalue weighted by Gasteiger charge is -2.36. The maximum atomic E-state index is 14.0. The van der Waals surface area contributed by atoms with Crippen LogP contribution in [0.4, 0.5) is 11.4 Å². The minimum absolute atomic E-state index is 0.0107. The van der Waals surface area contributed by atoms with Crippen LogP contribution in [0.2, 0.25) is 0 Å². The van der Waals surface area contributed by atoms with Crippen molar-refractivity contribution in [3.8, 4) is 0 Å². The summed E-state index contributed by atoms with van der Waals surface area (Å²) in [7, 11) is 0. The summed E-state index contributed by atoms with van der Waals surface area (Å²) in [5.41, 5.74) is 6.79. The molecule has 1 aromatic carbocycles. The smallest absolute Gasteiger partial charge is 0.323 e. The fraction of sp³-hybridized carbons (Fsp3) is 0.467. The molecule has 2 aromatic heterocycles. The van der Waals surface area contributed by atoms with Gasteiger partial charge < -0.3 is 25.2 Å². The van der Waals surface area contributed by atoms with Gasteiger partial charge in [-0.1, -0.05) is 49.9 Å². The molecule has 3 N–H and O–H groups in total. The summed E-state index contributed by atoms with van der Waals surface area (Å²) in [5.74, 6) is -1.31. The minimum Gasteiger partial charge on any atom is -0.480 e. The van der Waals surface area contributed by atoms with E-state index in [4.69, 9.17) is 5.73 Å². The van der Waals surface area contributed by atoms with Crippen LogP contribution in [0.25, 0.3) is 10.8 Å². The van der Waals surface area contributed by atoms with Gasteiger partial charge in [-0.3, -0.25) is 19.4 Å². The van der Waals surface area contributed by atoms with Crippen molar-refractivity contribution in [3.63, 3.8) is 0 Å². The second kappa shape index (κ2) is 13.9. The average molecular weight is 534 g/mol. The highest BCUT2D eigenvalue weighted by atomic mass is 16.4. The molecule has 208 valence electrons. The number of aliphatic carboxylic acids is 1. The van der Waals surface area contributed by atoms with Gasteiger partial charge >= 0.3 is 5.97 Å². The van der Waals surface area contributed by atoms with E-state index in [1.165, 1.54) is 12.3 Å². The van der Waals surface area contributed by atoms with Crippen LogP contribution in [0.5, 0.6) is 0 Å². The summed E-state index contributed by atoms with van der Waals surface area (Å²) in [6, 6.07) is 11.1. The van der Waals surface area contributed by atoms with Crippen LogP contribution in [-0.4, -0.2) is 52.7 Å². The van der Waals surface area contributed by atoms with Crippen LogP contribution in [0.1, 0.15) is 51.4 Å². The van der Waals surface area contributed by atoms with Crippen LogP contribution in [0.15, 0.2) is 59.8 Å². The number of hydrogen-bond donors (Lipinski definition) is 2. The molecule has 1 atom stereocenters. The molecule has 0 aliphatic carbocycles. The molecule has 0 spiro atoms. The van der Waals surface area contributed by atoms with E-state index in [1.54, 1.807) is 11.0 Å². The standard InChI is InChI=1S/C30H39N5O4/c31-15-7-3-1-2-4-8-17-35(25-13-14-28(36)34(21-25)22-29(37)38)30(39)24-11-9-16-33(20-24)27-19-32-18-23-10-5-6-12-26(23)27/h5-6,10,12-14,18-19,21,24H,1-4,7-9,11,15-17,20,22,31H2,(H,37,38)/t24-/m0/s1. The second-order valence-electron chi connectivity index (χ2n) is 10.3. The highest BCUT2D eigenvalue weighted by molar-refractivity contribution is 5.96. The zero-order chi connectivity index (χ0) is 27.6. The summed E-state index contributed by atoms with van der Waals surface area (Å²) >= 11 is 0. The Labute approximate surface area is 229 Å². The van der Waals surface area contributed by atoms with Crippen LogP contribution >= 0.6 is 0 Å². The van der Waals surface area contributed by atoms with Gasteiger partial charge in [0.15, 0.2) is 0 Å². The maximum absolute atomic E-state index is 14.0. The number of rotatable bonds is 13. The number of benzene rings is 1. The van der Waals surface area contributed by atoms with Crippen LogP contribution in [0.3, 0.4) is 0 Å². The quantitative estimate of drug-likeness (QED) is 0.318. The number of carbonyl (C=O) groups is 2. The number of nitrogens with two attached hydrogens (primary N) is 1. The Bertz CT molecular complexity index is 1320. The highest BCUT2D eigenvalue weighted by Crippen LogP contribution is 2.31. The molecule has 39 heavy (non-hydrogen) atoms. The van der Waals surface area contributed by atoms with E-state index >= 15 is 0 Å². The molecule has 1 aliphatic heterocycles. The Hall–Kier alpha value is -3.72. The number of nitrogens with zero attached hydrogens (tertiary/aromatic N) is 4. The summed E-state index contributed by atoms with van der Waals surface area (Å²) in [4.78, 5) is 46.0. The lowest BCUT2D eigenvalue weighted by molar-refractivity contribution is -0.137. The topological polar surface area (TPSA) is 122 Å². The lowest BCUT2D eigenvalue weighted by atomic mass is 9.95. The number of carboxylic acids is 1. The molecule has 1 saturated heterocycles. The first-order valence-electron chi connectivity index (χ1n) is 14.0.